The molecule has 0 amide bonds. The minimum atomic E-state index is -0.568. The molecule has 132 valence electrons. The number of rotatable bonds is 4. The first kappa shape index (κ1) is 17.7. The van der Waals surface area contributed by atoms with Gasteiger partial charge in [0.25, 0.3) is 0 Å². The zero-order valence-corrected chi connectivity index (χ0v) is 15.5. The molecule has 1 N–H and O–H groups in total. The lowest BCUT2D eigenvalue weighted by Crippen LogP contribution is -2.50. The molecule has 2 aliphatic carbocycles. The Morgan fingerprint density at radius 1 is 1.25 bits per heavy atom. The van der Waals surface area contributed by atoms with E-state index in [9.17, 15) is 5.11 Å². The number of benzene rings is 1. The Morgan fingerprint density at radius 3 is 2.62 bits per heavy atom. The van der Waals surface area contributed by atoms with E-state index in [0.717, 1.165) is 19.3 Å². The van der Waals surface area contributed by atoms with E-state index in [4.69, 9.17) is 4.74 Å². The Labute approximate surface area is 146 Å². The molecule has 0 aliphatic heterocycles. The lowest BCUT2D eigenvalue weighted by Gasteiger charge is -2.50. The minimum Gasteiger partial charge on any atom is -0.390 e. The monoisotopic (exact) mass is 328 g/mol. The van der Waals surface area contributed by atoms with Gasteiger partial charge in [0.15, 0.2) is 0 Å². The molecule has 0 saturated heterocycles. The van der Waals surface area contributed by atoms with Crippen molar-refractivity contribution < 1.29 is 9.84 Å². The molecule has 0 aromatic heterocycles. The molecule has 0 spiro atoms. The fourth-order valence-electron chi connectivity index (χ4n) is 4.78. The number of hydrogen-bond acceptors (Lipinski definition) is 2. The molecule has 1 saturated carbocycles. The first-order chi connectivity index (χ1) is 11.4. The minimum absolute atomic E-state index is 0.129. The van der Waals surface area contributed by atoms with Crippen LogP contribution >= 0.6 is 0 Å². The highest BCUT2D eigenvalue weighted by atomic mass is 16.5. The second kappa shape index (κ2) is 7.01. The predicted molar refractivity (Wildman–Crippen MR) is 98.6 cm³/mol. The molecule has 3 rings (SSSR count). The molecule has 24 heavy (non-hydrogen) atoms. The first-order valence-corrected chi connectivity index (χ1v) is 9.44. The summed E-state index contributed by atoms with van der Waals surface area (Å²) in [4.78, 5) is 0. The van der Waals surface area contributed by atoms with Crippen molar-refractivity contribution >= 4 is 0 Å². The van der Waals surface area contributed by atoms with Crippen LogP contribution in [0.5, 0.6) is 0 Å². The Kier molecular flexibility index (Phi) is 5.17. The van der Waals surface area contributed by atoms with E-state index in [1.54, 1.807) is 0 Å². The highest BCUT2D eigenvalue weighted by Gasteiger charge is 2.48. The fraction of sp³-hybridized carbons (Fsp3) is 0.636. The van der Waals surface area contributed by atoms with Gasteiger partial charge in [-0.2, -0.15) is 0 Å². The summed E-state index contributed by atoms with van der Waals surface area (Å²) in [5.74, 6) is 2.15. The SMILES string of the molecule is CC1=C[C@@H]2[C@@H](C(C)C)CC[C@](C)(O)[C@@H]2C[C@@H]1OCc1ccccc1. The van der Waals surface area contributed by atoms with Crippen molar-refractivity contribution in [2.24, 2.45) is 23.7 Å². The Balaban J connectivity index is 1.76. The number of ether oxygens (including phenoxy) is 1. The Morgan fingerprint density at radius 2 is 1.96 bits per heavy atom. The van der Waals surface area contributed by atoms with Gasteiger partial charge in [-0.3, -0.25) is 0 Å². The summed E-state index contributed by atoms with van der Waals surface area (Å²) in [7, 11) is 0. The van der Waals surface area contributed by atoms with Gasteiger partial charge in [-0.05, 0) is 67.9 Å². The molecule has 0 bridgehead atoms. The molecular weight excluding hydrogens is 296 g/mol. The van der Waals surface area contributed by atoms with Crippen molar-refractivity contribution in [3.05, 3.63) is 47.5 Å². The average molecular weight is 328 g/mol. The highest BCUT2D eigenvalue weighted by Crippen LogP contribution is 2.50. The van der Waals surface area contributed by atoms with E-state index in [2.05, 4.69) is 51.1 Å². The normalized spacial score (nSPS) is 36.3. The number of allylic oxidation sites excluding steroid dienone is 1. The van der Waals surface area contributed by atoms with Crippen LogP contribution in [-0.4, -0.2) is 16.8 Å². The predicted octanol–water partition coefficient (Wildman–Crippen LogP) is 4.97. The van der Waals surface area contributed by atoms with Crippen molar-refractivity contribution in [3.63, 3.8) is 0 Å². The maximum Gasteiger partial charge on any atom is 0.0790 e. The summed E-state index contributed by atoms with van der Waals surface area (Å²) in [5.41, 5.74) is 1.99. The molecule has 2 aliphatic rings. The lowest BCUT2D eigenvalue weighted by molar-refractivity contribution is -0.101. The van der Waals surface area contributed by atoms with Crippen LogP contribution in [0.25, 0.3) is 0 Å². The van der Waals surface area contributed by atoms with Gasteiger partial charge in [0.05, 0.1) is 18.3 Å². The van der Waals surface area contributed by atoms with Crippen LogP contribution in [0.1, 0.15) is 52.5 Å². The van der Waals surface area contributed by atoms with Crippen molar-refractivity contribution in [1.29, 1.82) is 0 Å². The lowest BCUT2D eigenvalue weighted by atomic mass is 9.58. The van der Waals surface area contributed by atoms with E-state index in [0.29, 0.717) is 30.3 Å². The summed E-state index contributed by atoms with van der Waals surface area (Å²) >= 11 is 0. The molecule has 0 radical (unpaired) electrons. The molecule has 1 aromatic rings. The van der Waals surface area contributed by atoms with Crippen LogP contribution in [0.15, 0.2) is 42.0 Å². The third-order valence-electron chi connectivity index (χ3n) is 6.32. The van der Waals surface area contributed by atoms with Gasteiger partial charge >= 0.3 is 0 Å². The van der Waals surface area contributed by atoms with Gasteiger partial charge in [0, 0.05) is 0 Å². The van der Waals surface area contributed by atoms with E-state index in [1.165, 1.54) is 11.1 Å². The molecule has 0 unspecified atom stereocenters. The Bertz CT molecular complexity index is 573. The summed E-state index contributed by atoms with van der Waals surface area (Å²) in [6.07, 6.45) is 5.53. The van der Waals surface area contributed by atoms with Crippen LogP contribution in [0.4, 0.5) is 0 Å². The summed E-state index contributed by atoms with van der Waals surface area (Å²) < 4.78 is 6.24. The van der Waals surface area contributed by atoms with Crippen LogP contribution in [0.2, 0.25) is 0 Å². The van der Waals surface area contributed by atoms with Crippen LogP contribution in [-0.2, 0) is 11.3 Å². The third kappa shape index (κ3) is 3.60. The summed E-state index contributed by atoms with van der Waals surface area (Å²) in [6.45, 7) is 9.52. The van der Waals surface area contributed by atoms with Gasteiger partial charge in [-0.15, -0.1) is 0 Å². The smallest absolute Gasteiger partial charge is 0.0790 e. The number of aliphatic hydroxyl groups is 1. The highest BCUT2D eigenvalue weighted by molar-refractivity contribution is 5.19. The van der Waals surface area contributed by atoms with Gasteiger partial charge in [-0.1, -0.05) is 50.3 Å². The number of fused-ring (bicyclic) bond motifs is 1. The van der Waals surface area contributed by atoms with Gasteiger partial charge in [0.2, 0.25) is 0 Å². The number of hydrogen-bond donors (Lipinski definition) is 1. The summed E-state index contributed by atoms with van der Waals surface area (Å²) in [5, 5.41) is 11.0. The van der Waals surface area contributed by atoms with Crippen molar-refractivity contribution in [3.8, 4) is 0 Å². The third-order valence-corrected chi connectivity index (χ3v) is 6.32. The van der Waals surface area contributed by atoms with E-state index in [1.807, 2.05) is 13.0 Å². The molecule has 1 aromatic carbocycles. The molecule has 2 nitrogen and oxygen atoms in total. The molecular formula is C22H32O2. The van der Waals surface area contributed by atoms with Crippen LogP contribution in [0, 0.1) is 23.7 Å². The van der Waals surface area contributed by atoms with Gasteiger partial charge in [0.1, 0.15) is 0 Å². The maximum atomic E-state index is 11.0. The van der Waals surface area contributed by atoms with Crippen molar-refractivity contribution in [2.75, 3.05) is 0 Å². The molecule has 5 atom stereocenters. The Hall–Kier alpha value is -1.12. The van der Waals surface area contributed by atoms with Crippen molar-refractivity contribution in [1.82, 2.24) is 0 Å². The average Bonchev–Trinajstić information content (AvgIpc) is 2.54. The largest absolute Gasteiger partial charge is 0.390 e. The van der Waals surface area contributed by atoms with Crippen LogP contribution < -0.4 is 0 Å². The topological polar surface area (TPSA) is 29.5 Å². The van der Waals surface area contributed by atoms with E-state index < -0.39 is 5.60 Å². The zero-order chi connectivity index (χ0) is 17.3. The quantitative estimate of drug-likeness (QED) is 0.791. The maximum absolute atomic E-state index is 11.0. The fourth-order valence-corrected chi connectivity index (χ4v) is 4.78. The van der Waals surface area contributed by atoms with Gasteiger partial charge in [-0.25, -0.2) is 0 Å². The van der Waals surface area contributed by atoms with E-state index in [-0.39, 0.29) is 6.10 Å². The van der Waals surface area contributed by atoms with Crippen molar-refractivity contribution in [2.45, 2.75) is 65.3 Å². The summed E-state index contributed by atoms with van der Waals surface area (Å²) in [6, 6.07) is 10.4. The first-order valence-electron chi connectivity index (χ1n) is 9.44. The van der Waals surface area contributed by atoms with E-state index >= 15 is 0 Å². The molecule has 2 heteroatoms. The van der Waals surface area contributed by atoms with Gasteiger partial charge < -0.3 is 9.84 Å². The second-order valence-electron chi connectivity index (χ2n) is 8.42. The molecule has 1 fully saturated rings. The van der Waals surface area contributed by atoms with Crippen LogP contribution in [0.3, 0.4) is 0 Å². The zero-order valence-electron chi connectivity index (χ0n) is 15.5. The standard InChI is InChI=1S/C22H32O2/c1-15(2)18-10-11-22(4,23)20-13-21(16(3)12-19(18)20)24-14-17-8-6-5-7-9-17/h5-9,12,15,18-21,23H,10-11,13-14H2,1-4H3/t18-,19-,20-,21+,22+/m1/s1. The second-order valence-corrected chi connectivity index (χ2v) is 8.42. The molecule has 0 heterocycles.